The van der Waals surface area contributed by atoms with Gasteiger partial charge < -0.3 is 20.1 Å². The molecule has 0 aliphatic carbocycles. The zero-order valence-electron chi connectivity index (χ0n) is 11.9. The van der Waals surface area contributed by atoms with Gasteiger partial charge in [0.05, 0.1) is 13.1 Å². The summed E-state index contributed by atoms with van der Waals surface area (Å²) in [5.74, 6) is -0.995. The third kappa shape index (κ3) is 4.91. The Hall–Kier alpha value is -0.950. The number of thioether (sulfide) groups is 1. The second-order valence-electron chi connectivity index (χ2n) is 5.61. The van der Waals surface area contributed by atoms with Crippen molar-refractivity contribution in [3.8, 4) is 0 Å². The molecule has 0 atom stereocenters. The highest BCUT2D eigenvalue weighted by Crippen LogP contribution is 2.25. The summed E-state index contributed by atoms with van der Waals surface area (Å²) in [6.45, 7) is 7.05. The maximum atomic E-state index is 11.8. The Morgan fingerprint density at radius 1 is 1.47 bits per heavy atom. The molecule has 1 aliphatic heterocycles. The summed E-state index contributed by atoms with van der Waals surface area (Å²) in [6.07, 6.45) is 2.01. The maximum Gasteiger partial charge on any atom is 0.329 e. The van der Waals surface area contributed by atoms with Crippen LogP contribution in [0.2, 0.25) is 0 Å². The molecule has 0 radical (unpaired) electrons. The van der Waals surface area contributed by atoms with Crippen LogP contribution in [0, 0.1) is 0 Å². The number of carboxylic acids is 1. The highest BCUT2D eigenvalue weighted by atomic mass is 32.2. The Labute approximate surface area is 117 Å². The summed E-state index contributed by atoms with van der Waals surface area (Å²) in [5, 5.41) is 11.4. The van der Waals surface area contributed by atoms with Crippen molar-refractivity contribution in [1.29, 1.82) is 0 Å². The van der Waals surface area contributed by atoms with Crippen LogP contribution in [-0.4, -0.2) is 64.9 Å². The van der Waals surface area contributed by atoms with Crippen LogP contribution in [0.1, 0.15) is 20.8 Å². The van der Waals surface area contributed by atoms with Gasteiger partial charge in [0.2, 0.25) is 0 Å². The highest BCUT2D eigenvalue weighted by Gasteiger charge is 2.42. The summed E-state index contributed by atoms with van der Waals surface area (Å²) >= 11 is 1.69. The van der Waals surface area contributed by atoms with E-state index in [0.717, 1.165) is 0 Å². The van der Waals surface area contributed by atoms with Gasteiger partial charge in [0.25, 0.3) is 0 Å². The number of nitrogens with one attached hydrogen (secondary N) is 1. The minimum atomic E-state index is -0.995. The van der Waals surface area contributed by atoms with Crippen molar-refractivity contribution in [3.63, 3.8) is 0 Å². The number of urea groups is 1. The lowest BCUT2D eigenvalue weighted by molar-refractivity contribution is -0.159. The zero-order valence-corrected chi connectivity index (χ0v) is 12.7. The van der Waals surface area contributed by atoms with Crippen molar-refractivity contribution in [3.05, 3.63) is 0 Å². The molecule has 0 unspecified atom stereocenters. The molecule has 0 aromatic heterocycles. The zero-order chi connectivity index (χ0) is 14.7. The van der Waals surface area contributed by atoms with Crippen molar-refractivity contribution in [1.82, 2.24) is 10.2 Å². The average molecular weight is 290 g/mol. The van der Waals surface area contributed by atoms with E-state index < -0.39 is 11.6 Å². The molecule has 1 heterocycles. The number of amides is 2. The lowest BCUT2D eigenvalue weighted by atomic mass is 9.97. The van der Waals surface area contributed by atoms with Crippen LogP contribution in [0.3, 0.4) is 0 Å². The van der Waals surface area contributed by atoms with Crippen molar-refractivity contribution in [2.75, 3.05) is 32.5 Å². The molecule has 6 nitrogen and oxygen atoms in total. The number of hydrogen-bond acceptors (Lipinski definition) is 4. The number of rotatable bonds is 6. The first-order chi connectivity index (χ1) is 8.67. The van der Waals surface area contributed by atoms with Crippen LogP contribution in [0.4, 0.5) is 4.79 Å². The van der Waals surface area contributed by atoms with E-state index in [1.807, 2.05) is 13.2 Å². The maximum absolute atomic E-state index is 11.8. The number of nitrogens with zero attached hydrogens (tertiary/aromatic N) is 1. The third-order valence-electron chi connectivity index (χ3n) is 3.10. The molecule has 110 valence electrons. The normalized spacial score (nSPS) is 17.8. The van der Waals surface area contributed by atoms with Gasteiger partial charge in [0.15, 0.2) is 0 Å². The summed E-state index contributed by atoms with van der Waals surface area (Å²) in [5.41, 5.74) is -0.537. The molecule has 7 heteroatoms. The Kier molecular flexibility index (Phi) is 5.09. The topological polar surface area (TPSA) is 78.9 Å². The third-order valence-corrected chi connectivity index (χ3v) is 4.35. The van der Waals surface area contributed by atoms with Gasteiger partial charge in [0, 0.05) is 11.3 Å². The van der Waals surface area contributed by atoms with E-state index in [4.69, 9.17) is 9.84 Å². The minimum absolute atomic E-state index is 0.00361. The van der Waals surface area contributed by atoms with Gasteiger partial charge in [-0.3, -0.25) is 0 Å². The lowest BCUT2D eigenvalue weighted by Gasteiger charge is -2.47. The molecule has 1 saturated heterocycles. The SMILES string of the molecule is CSC(C)(C)CNC(=O)N1CC(C)(OCC(=O)O)C1. The van der Waals surface area contributed by atoms with Gasteiger partial charge in [-0.2, -0.15) is 11.8 Å². The molecule has 0 spiro atoms. The smallest absolute Gasteiger partial charge is 0.329 e. The van der Waals surface area contributed by atoms with Crippen molar-refractivity contribution in [2.24, 2.45) is 0 Å². The van der Waals surface area contributed by atoms with Crippen LogP contribution in [0.5, 0.6) is 0 Å². The molecule has 19 heavy (non-hydrogen) atoms. The van der Waals surface area contributed by atoms with E-state index in [9.17, 15) is 9.59 Å². The summed E-state index contributed by atoms with van der Waals surface area (Å²) in [6, 6.07) is -0.126. The van der Waals surface area contributed by atoms with E-state index in [1.54, 1.807) is 16.7 Å². The number of carbonyl (C=O) groups excluding carboxylic acids is 1. The fourth-order valence-corrected chi connectivity index (χ4v) is 1.92. The number of carbonyl (C=O) groups is 2. The number of hydrogen-bond donors (Lipinski definition) is 2. The van der Waals surface area contributed by atoms with E-state index >= 15 is 0 Å². The number of aliphatic carboxylic acids is 1. The molecule has 1 aliphatic rings. The number of likely N-dealkylation sites (tertiary alicyclic amines) is 1. The van der Waals surface area contributed by atoms with Crippen LogP contribution in [-0.2, 0) is 9.53 Å². The number of carboxylic acid groups (broad SMARTS) is 1. The van der Waals surface area contributed by atoms with E-state index in [-0.39, 0.29) is 17.4 Å². The Morgan fingerprint density at radius 2 is 2.05 bits per heavy atom. The molecular weight excluding hydrogens is 268 g/mol. The highest BCUT2D eigenvalue weighted by molar-refractivity contribution is 7.99. The predicted octanol–water partition coefficient (Wildman–Crippen LogP) is 1.01. The van der Waals surface area contributed by atoms with Crippen LogP contribution in [0.15, 0.2) is 0 Å². The fraction of sp³-hybridized carbons (Fsp3) is 0.833. The minimum Gasteiger partial charge on any atom is -0.480 e. The van der Waals surface area contributed by atoms with Crippen LogP contribution in [0.25, 0.3) is 0 Å². The van der Waals surface area contributed by atoms with E-state index in [1.165, 1.54) is 0 Å². The Balaban J connectivity index is 2.29. The molecule has 0 bridgehead atoms. The number of ether oxygens (including phenoxy) is 1. The van der Waals surface area contributed by atoms with Gasteiger partial charge in [-0.1, -0.05) is 0 Å². The van der Waals surface area contributed by atoms with Gasteiger partial charge in [0.1, 0.15) is 12.2 Å². The summed E-state index contributed by atoms with van der Waals surface area (Å²) < 4.78 is 5.25. The summed E-state index contributed by atoms with van der Waals surface area (Å²) in [4.78, 5) is 23.9. The fourth-order valence-electron chi connectivity index (χ4n) is 1.70. The monoisotopic (exact) mass is 290 g/mol. The van der Waals surface area contributed by atoms with Gasteiger partial charge in [-0.15, -0.1) is 0 Å². The first kappa shape index (κ1) is 16.1. The molecule has 0 saturated carbocycles. The predicted molar refractivity (Wildman–Crippen MR) is 74.6 cm³/mol. The van der Waals surface area contributed by atoms with Gasteiger partial charge in [-0.05, 0) is 27.0 Å². The van der Waals surface area contributed by atoms with Gasteiger partial charge in [-0.25, -0.2) is 9.59 Å². The van der Waals surface area contributed by atoms with Crippen LogP contribution >= 0.6 is 11.8 Å². The molecule has 1 fully saturated rings. The molecule has 1 rings (SSSR count). The average Bonchev–Trinajstić information content (AvgIpc) is 2.30. The molecule has 2 amide bonds. The van der Waals surface area contributed by atoms with Crippen molar-refractivity contribution >= 4 is 23.8 Å². The lowest BCUT2D eigenvalue weighted by Crippen LogP contribution is -2.65. The Bertz CT molecular complexity index is 354. The first-order valence-electron chi connectivity index (χ1n) is 6.11. The Morgan fingerprint density at radius 3 is 2.53 bits per heavy atom. The second-order valence-corrected chi connectivity index (χ2v) is 7.12. The molecule has 2 N–H and O–H groups in total. The van der Waals surface area contributed by atoms with E-state index in [2.05, 4.69) is 19.2 Å². The molecule has 0 aromatic rings. The van der Waals surface area contributed by atoms with E-state index in [0.29, 0.717) is 19.6 Å². The first-order valence-corrected chi connectivity index (χ1v) is 7.34. The van der Waals surface area contributed by atoms with Crippen molar-refractivity contribution in [2.45, 2.75) is 31.1 Å². The molecular formula is C12H22N2O4S. The second kappa shape index (κ2) is 6.00. The molecule has 0 aromatic carbocycles. The standard InChI is InChI=1S/C12H22N2O4S/c1-11(2,19-4)6-13-10(17)14-7-12(3,8-14)18-5-9(15)16/h5-8H2,1-4H3,(H,13,17)(H,15,16). The quantitative estimate of drug-likeness (QED) is 0.763. The summed E-state index contributed by atoms with van der Waals surface area (Å²) in [7, 11) is 0. The van der Waals surface area contributed by atoms with Crippen molar-refractivity contribution < 1.29 is 19.4 Å². The van der Waals surface area contributed by atoms with Gasteiger partial charge >= 0.3 is 12.0 Å². The largest absolute Gasteiger partial charge is 0.480 e. The van der Waals surface area contributed by atoms with Crippen LogP contribution < -0.4 is 5.32 Å².